The molecule has 2 N–H and O–H groups in total. The molecule has 2 aromatic carbocycles. The Labute approximate surface area is 162 Å². The Morgan fingerprint density at radius 1 is 1.07 bits per heavy atom. The topological polar surface area (TPSA) is 70.7 Å². The maximum atomic E-state index is 13.3. The molecule has 0 bridgehead atoms. The highest BCUT2D eigenvalue weighted by Crippen LogP contribution is 2.27. The molecule has 0 atom stereocenters. The standard InChI is InChI=1S/C19H21ClFN3O3/c1-12-4-6-14(21)9-15(12)22-18(25)10-24(2)11-19(26)23-16-8-13(20)5-7-17(16)27-3/h4-9H,10-11H2,1-3H3,(H,22,25)(H,23,26). The van der Waals surface area contributed by atoms with Crippen molar-refractivity contribution < 1.29 is 18.7 Å². The van der Waals surface area contributed by atoms with Crippen molar-refractivity contribution in [3.8, 4) is 5.75 Å². The van der Waals surface area contributed by atoms with Gasteiger partial charge in [0.25, 0.3) is 0 Å². The monoisotopic (exact) mass is 393 g/mol. The van der Waals surface area contributed by atoms with Crippen LogP contribution < -0.4 is 15.4 Å². The first-order valence-corrected chi connectivity index (χ1v) is 8.54. The Bertz CT molecular complexity index is 845. The maximum absolute atomic E-state index is 13.3. The summed E-state index contributed by atoms with van der Waals surface area (Å²) in [5.41, 5.74) is 1.60. The van der Waals surface area contributed by atoms with Crippen molar-refractivity contribution in [2.45, 2.75) is 6.92 Å². The van der Waals surface area contributed by atoms with E-state index in [0.717, 1.165) is 5.56 Å². The normalized spacial score (nSPS) is 10.6. The van der Waals surface area contributed by atoms with Crippen molar-refractivity contribution in [2.24, 2.45) is 0 Å². The number of methoxy groups -OCH3 is 1. The Kier molecular flexibility index (Phi) is 7.15. The van der Waals surface area contributed by atoms with Crippen molar-refractivity contribution in [1.29, 1.82) is 0 Å². The van der Waals surface area contributed by atoms with Crippen LogP contribution in [0, 0.1) is 12.7 Å². The van der Waals surface area contributed by atoms with Crippen LogP contribution in [0.15, 0.2) is 36.4 Å². The lowest BCUT2D eigenvalue weighted by Crippen LogP contribution is -2.36. The molecule has 0 aliphatic rings. The Hall–Kier alpha value is -2.64. The highest BCUT2D eigenvalue weighted by atomic mass is 35.5. The van der Waals surface area contributed by atoms with Crippen LogP contribution in [0.4, 0.5) is 15.8 Å². The van der Waals surface area contributed by atoms with Gasteiger partial charge in [0.05, 0.1) is 25.9 Å². The van der Waals surface area contributed by atoms with Crippen LogP contribution in [0.1, 0.15) is 5.56 Å². The predicted molar refractivity (Wildman–Crippen MR) is 104 cm³/mol. The summed E-state index contributed by atoms with van der Waals surface area (Å²) >= 11 is 5.94. The van der Waals surface area contributed by atoms with E-state index in [-0.39, 0.29) is 24.9 Å². The van der Waals surface area contributed by atoms with Gasteiger partial charge in [0.1, 0.15) is 11.6 Å². The molecule has 0 saturated heterocycles. The molecule has 8 heteroatoms. The number of halogens is 2. The zero-order chi connectivity index (χ0) is 20.0. The summed E-state index contributed by atoms with van der Waals surface area (Å²) < 4.78 is 18.5. The number of hydrogen-bond acceptors (Lipinski definition) is 4. The summed E-state index contributed by atoms with van der Waals surface area (Å²) in [6.45, 7) is 1.71. The third-order valence-corrected chi connectivity index (χ3v) is 3.97. The van der Waals surface area contributed by atoms with Gasteiger partial charge in [-0.1, -0.05) is 17.7 Å². The molecule has 0 unspecified atom stereocenters. The van der Waals surface area contributed by atoms with Gasteiger partial charge >= 0.3 is 0 Å². The largest absolute Gasteiger partial charge is 0.495 e. The summed E-state index contributed by atoms with van der Waals surface area (Å²) in [6, 6.07) is 9.05. The number of rotatable bonds is 7. The number of amides is 2. The summed E-state index contributed by atoms with van der Waals surface area (Å²) in [4.78, 5) is 25.9. The number of benzene rings is 2. The van der Waals surface area contributed by atoms with Gasteiger partial charge in [-0.15, -0.1) is 0 Å². The number of aryl methyl sites for hydroxylation is 1. The predicted octanol–water partition coefficient (Wildman–Crippen LogP) is 3.31. The molecule has 2 aromatic rings. The van der Waals surface area contributed by atoms with Gasteiger partial charge in [0.2, 0.25) is 11.8 Å². The van der Waals surface area contributed by atoms with Gasteiger partial charge in [-0.2, -0.15) is 0 Å². The second-order valence-corrected chi connectivity index (χ2v) is 6.51. The molecule has 0 radical (unpaired) electrons. The molecule has 2 amide bonds. The molecule has 0 saturated carbocycles. The van der Waals surface area contributed by atoms with Crippen molar-refractivity contribution in [3.05, 3.63) is 52.8 Å². The zero-order valence-corrected chi connectivity index (χ0v) is 16.1. The summed E-state index contributed by atoms with van der Waals surface area (Å²) in [5.74, 6) is -0.624. The quantitative estimate of drug-likeness (QED) is 0.757. The zero-order valence-electron chi connectivity index (χ0n) is 15.3. The van der Waals surface area contributed by atoms with E-state index in [1.165, 1.54) is 24.1 Å². The average Bonchev–Trinajstić information content (AvgIpc) is 2.58. The van der Waals surface area contributed by atoms with E-state index >= 15 is 0 Å². The number of nitrogens with zero attached hydrogens (tertiary/aromatic N) is 1. The number of hydrogen-bond donors (Lipinski definition) is 2. The minimum absolute atomic E-state index is 0.0226. The molecule has 0 aromatic heterocycles. The number of carbonyl (C=O) groups is 2. The first-order valence-electron chi connectivity index (χ1n) is 8.16. The number of anilines is 2. The van der Waals surface area contributed by atoms with Crippen LogP contribution >= 0.6 is 11.6 Å². The molecule has 0 aliphatic carbocycles. The lowest BCUT2D eigenvalue weighted by Gasteiger charge is -2.17. The lowest BCUT2D eigenvalue weighted by atomic mass is 10.2. The smallest absolute Gasteiger partial charge is 0.238 e. The lowest BCUT2D eigenvalue weighted by molar-refractivity contribution is -0.119. The molecule has 6 nitrogen and oxygen atoms in total. The highest BCUT2D eigenvalue weighted by molar-refractivity contribution is 6.31. The Morgan fingerprint density at radius 2 is 1.70 bits per heavy atom. The average molecular weight is 394 g/mol. The van der Waals surface area contributed by atoms with Crippen LogP contribution in [0.25, 0.3) is 0 Å². The van der Waals surface area contributed by atoms with Crippen molar-refractivity contribution in [2.75, 3.05) is 37.9 Å². The minimum atomic E-state index is -0.431. The first-order chi connectivity index (χ1) is 12.8. The number of ether oxygens (including phenoxy) is 1. The van der Waals surface area contributed by atoms with Crippen LogP contribution in [0.2, 0.25) is 5.02 Å². The fraction of sp³-hybridized carbons (Fsp3) is 0.263. The van der Waals surface area contributed by atoms with Crippen molar-refractivity contribution >= 4 is 34.8 Å². The van der Waals surface area contributed by atoms with E-state index in [1.54, 1.807) is 38.2 Å². The van der Waals surface area contributed by atoms with E-state index in [1.807, 2.05) is 0 Å². The Balaban J connectivity index is 1.90. The van der Waals surface area contributed by atoms with Crippen LogP contribution in [-0.4, -0.2) is 44.0 Å². The fourth-order valence-electron chi connectivity index (χ4n) is 2.43. The van der Waals surface area contributed by atoms with Crippen LogP contribution in [0.5, 0.6) is 5.75 Å². The van der Waals surface area contributed by atoms with Gasteiger partial charge in [0, 0.05) is 10.7 Å². The first kappa shape index (κ1) is 20.7. The van der Waals surface area contributed by atoms with E-state index in [0.29, 0.717) is 22.1 Å². The number of nitrogens with one attached hydrogen (secondary N) is 2. The van der Waals surface area contributed by atoms with Gasteiger partial charge in [-0.25, -0.2) is 4.39 Å². The van der Waals surface area contributed by atoms with Gasteiger partial charge in [-0.05, 0) is 49.9 Å². The minimum Gasteiger partial charge on any atom is -0.495 e. The van der Waals surface area contributed by atoms with E-state index in [2.05, 4.69) is 10.6 Å². The van der Waals surface area contributed by atoms with Gasteiger partial charge < -0.3 is 15.4 Å². The molecule has 0 spiro atoms. The van der Waals surface area contributed by atoms with Gasteiger partial charge in [0.15, 0.2) is 0 Å². The maximum Gasteiger partial charge on any atom is 0.238 e. The molecule has 0 aliphatic heterocycles. The van der Waals surface area contributed by atoms with Crippen molar-refractivity contribution in [1.82, 2.24) is 4.90 Å². The third-order valence-electron chi connectivity index (χ3n) is 3.74. The fourth-order valence-corrected chi connectivity index (χ4v) is 2.60. The molecule has 144 valence electrons. The SMILES string of the molecule is COc1ccc(Cl)cc1NC(=O)CN(C)CC(=O)Nc1cc(F)ccc1C. The molecule has 0 fully saturated rings. The summed E-state index contributed by atoms with van der Waals surface area (Å²) in [7, 11) is 3.12. The third kappa shape index (κ3) is 6.23. The van der Waals surface area contributed by atoms with Crippen LogP contribution in [0.3, 0.4) is 0 Å². The van der Waals surface area contributed by atoms with Gasteiger partial charge in [-0.3, -0.25) is 14.5 Å². The van der Waals surface area contributed by atoms with E-state index in [4.69, 9.17) is 16.3 Å². The summed E-state index contributed by atoms with van der Waals surface area (Å²) in [6.07, 6.45) is 0. The Morgan fingerprint density at radius 3 is 2.33 bits per heavy atom. The molecule has 2 rings (SSSR count). The van der Waals surface area contributed by atoms with E-state index in [9.17, 15) is 14.0 Å². The molecular weight excluding hydrogens is 373 g/mol. The second kappa shape index (κ2) is 9.34. The molecule has 0 heterocycles. The van der Waals surface area contributed by atoms with E-state index < -0.39 is 5.82 Å². The van der Waals surface area contributed by atoms with Crippen molar-refractivity contribution in [3.63, 3.8) is 0 Å². The van der Waals surface area contributed by atoms with Crippen LogP contribution in [-0.2, 0) is 9.59 Å². The second-order valence-electron chi connectivity index (χ2n) is 6.07. The number of carbonyl (C=O) groups excluding carboxylic acids is 2. The number of likely N-dealkylation sites (N-methyl/N-ethyl adjacent to an activating group) is 1. The highest BCUT2D eigenvalue weighted by Gasteiger charge is 2.14. The summed E-state index contributed by atoms with van der Waals surface area (Å²) in [5, 5.41) is 5.80. The molecular formula is C19H21ClFN3O3. The molecule has 27 heavy (non-hydrogen) atoms.